The Morgan fingerprint density at radius 3 is 2.89 bits per heavy atom. The molecule has 0 spiro atoms. The number of hydrogen-bond donors (Lipinski definition) is 4. The molecule has 0 radical (unpaired) electrons. The summed E-state index contributed by atoms with van der Waals surface area (Å²) in [5.41, 5.74) is 6.59. The van der Waals surface area contributed by atoms with Crippen molar-refractivity contribution in [3.05, 3.63) is 29.6 Å². The number of nitrogens with two attached hydrogens (primary N) is 1. The molecule has 2 aliphatic rings. The van der Waals surface area contributed by atoms with Gasteiger partial charge in [-0.2, -0.15) is 0 Å². The minimum absolute atomic E-state index is 0.118. The molecule has 0 aromatic heterocycles. The highest BCUT2D eigenvalue weighted by Crippen LogP contribution is 2.24. The van der Waals surface area contributed by atoms with Gasteiger partial charge in [-0.05, 0) is 56.8 Å². The van der Waals surface area contributed by atoms with Gasteiger partial charge in [0.2, 0.25) is 11.8 Å². The van der Waals surface area contributed by atoms with Crippen molar-refractivity contribution in [2.45, 2.75) is 50.7 Å². The van der Waals surface area contributed by atoms with Crippen molar-refractivity contribution < 1.29 is 18.8 Å². The Balaban J connectivity index is 1.58. The molecule has 0 aliphatic carbocycles. The van der Waals surface area contributed by atoms with Crippen molar-refractivity contribution in [1.82, 2.24) is 15.5 Å². The number of carbonyl (C=O) groups excluding carboxylic acids is 3. The number of amides is 4. The molecule has 0 saturated carbocycles. The third-order valence-corrected chi connectivity index (χ3v) is 5.23. The van der Waals surface area contributed by atoms with Crippen LogP contribution in [0.3, 0.4) is 0 Å². The SMILES string of the molecule is Cc1ccc(F)cc1NC(=O)N[C@H]1C[C@H]2C(=O)N[C@@H](CCCCN)C(=O)N2C1. The maximum atomic E-state index is 13.4. The highest BCUT2D eigenvalue weighted by molar-refractivity contribution is 5.98. The van der Waals surface area contributed by atoms with Crippen LogP contribution in [0.4, 0.5) is 14.9 Å². The Morgan fingerprint density at radius 1 is 1.36 bits per heavy atom. The van der Waals surface area contributed by atoms with E-state index in [9.17, 15) is 18.8 Å². The van der Waals surface area contributed by atoms with Gasteiger partial charge in [0.1, 0.15) is 17.9 Å². The number of nitrogens with one attached hydrogen (secondary N) is 3. The smallest absolute Gasteiger partial charge is 0.319 e. The minimum Gasteiger partial charge on any atom is -0.343 e. The van der Waals surface area contributed by atoms with E-state index in [2.05, 4.69) is 16.0 Å². The number of halogens is 1. The molecular formula is C19H26FN5O3. The lowest BCUT2D eigenvalue weighted by Gasteiger charge is -2.34. The van der Waals surface area contributed by atoms with Crippen molar-refractivity contribution in [2.24, 2.45) is 5.73 Å². The molecule has 0 bridgehead atoms. The normalized spacial score (nSPS) is 24.0. The van der Waals surface area contributed by atoms with E-state index in [4.69, 9.17) is 5.73 Å². The van der Waals surface area contributed by atoms with Crippen LogP contribution in [0, 0.1) is 12.7 Å². The Kier molecular flexibility index (Phi) is 6.13. The first kappa shape index (κ1) is 20.1. The molecule has 2 heterocycles. The first-order chi connectivity index (χ1) is 13.4. The van der Waals surface area contributed by atoms with Crippen molar-refractivity contribution in [2.75, 3.05) is 18.4 Å². The molecular weight excluding hydrogens is 365 g/mol. The number of aryl methyl sites for hydroxylation is 1. The van der Waals surface area contributed by atoms with Gasteiger partial charge in [-0.3, -0.25) is 9.59 Å². The molecule has 152 valence electrons. The largest absolute Gasteiger partial charge is 0.343 e. The van der Waals surface area contributed by atoms with E-state index in [1.54, 1.807) is 17.9 Å². The summed E-state index contributed by atoms with van der Waals surface area (Å²) in [6.45, 7) is 2.59. The van der Waals surface area contributed by atoms with Gasteiger partial charge in [-0.25, -0.2) is 9.18 Å². The number of benzene rings is 1. The summed E-state index contributed by atoms with van der Waals surface area (Å²) in [5.74, 6) is -0.753. The van der Waals surface area contributed by atoms with Gasteiger partial charge in [-0.15, -0.1) is 0 Å². The van der Waals surface area contributed by atoms with E-state index in [0.717, 1.165) is 18.4 Å². The van der Waals surface area contributed by atoms with E-state index in [1.807, 2.05) is 0 Å². The van der Waals surface area contributed by atoms with Crippen LogP contribution in [0.1, 0.15) is 31.2 Å². The molecule has 8 nitrogen and oxygen atoms in total. The average Bonchev–Trinajstić information content (AvgIpc) is 3.07. The fourth-order valence-corrected chi connectivity index (χ4v) is 3.72. The van der Waals surface area contributed by atoms with Crippen LogP contribution in [0.5, 0.6) is 0 Å². The molecule has 3 rings (SSSR count). The molecule has 1 aromatic carbocycles. The zero-order valence-corrected chi connectivity index (χ0v) is 15.8. The summed E-state index contributed by atoms with van der Waals surface area (Å²) in [5, 5.41) is 8.18. The second kappa shape index (κ2) is 8.55. The van der Waals surface area contributed by atoms with Gasteiger partial charge < -0.3 is 26.6 Å². The molecule has 3 atom stereocenters. The van der Waals surface area contributed by atoms with Crippen LogP contribution in [-0.2, 0) is 9.59 Å². The van der Waals surface area contributed by atoms with Crippen LogP contribution < -0.4 is 21.7 Å². The molecule has 1 aromatic rings. The van der Waals surface area contributed by atoms with E-state index < -0.39 is 23.9 Å². The summed E-state index contributed by atoms with van der Waals surface area (Å²) in [7, 11) is 0. The van der Waals surface area contributed by atoms with Crippen LogP contribution in [0.2, 0.25) is 0 Å². The van der Waals surface area contributed by atoms with E-state index in [-0.39, 0.29) is 24.4 Å². The average molecular weight is 391 g/mol. The number of unbranched alkanes of at least 4 members (excludes halogenated alkanes) is 1. The molecule has 2 fully saturated rings. The maximum Gasteiger partial charge on any atom is 0.319 e. The Labute approximate surface area is 163 Å². The lowest BCUT2D eigenvalue weighted by atomic mass is 10.0. The van der Waals surface area contributed by atoms with Crippen LogP contribution >= 0.6 is 0 Å². The minimum atomic E-state index is -0.570. The Morgan fingerprint density at radius 2 is 2.14 bits per heavy atom. The van der Waals surface area contributed by atoms with Gasteiger partial charge in [0.15, 0.2) is 0 Å². The van der Waals surface area contributed by atoms with E-state index >= 15 is 0 Å². The second-order valence-corrected chi connectivity index (χ2v) is 7.34. The third kappa shape index (κ3) is 4.41. The Bertz CT molecular complexity index is 772. The predicted molar refractivity (Wildman–Crippen MR) is 102 cm³/mol. The zero-order valence-electron chi connectivity index (χ0n) is 15.8. The predicted octanol–water partition coefficient (Wildman–Crippen LogP) is 0.853. The number of anilines is 1. The number of piperazine rings is 1. The third-order valence-electron chi connectivity index (χ3n) is 5.23. The number of hydrogen-bond acceptors (Lipinski definition) is 4. The summed E-state index contributed by atoms with van der Waals surface area (Å²) in [6, 6.07) is 2.20. The Hall–Kier alpha value is -2.68. The molecule has 9 heteroatoms. The van der Waals surface area contributed by atoms with Crippen LogP contribution in [0.25, 0.3) is 0 Å². The number of rotatable bonds is 6. The molecule has 4 amide bonds. The summed E-state index contributed by atoms with van der Waals surface area (Å²) < 4.78 is 13.4. The molecule has 5 N–H and O–H groups in total. The second-order valence-electron chi connectivity index (χ2n) is 7.34. The van der Waals surface area contributed by atoms with Crippen LogP contribution in [-0.4, -0.2) is 54.0 Å². The van der Waals surface area contributed by atoms with Crippen molar-refractivity contribution >= 4 is 23.5 Å². The van der Waals surface area contributed by atoms with Crippen molar-refractivity contribution in [3.63, 3.8) is 0 Å². The van der Waals surface area contributed by atoms with Gasteiger partial charge in [-0.1, -0.05) is 6.07 Å². The fraction of sp³-hybridized carbons (Fsp3) is 0.526. The number of nitrogens with zero attached hydrogens (tertiary/aromatic N) is 1. The summed E-state index contributed by atoms with van der Waals surface area (Å²) in [6.07, 6.45) is 2.47. The molecule has 2 aliphatic heterocycles. The number of fused-ring (bicyclic) bond motifs is 1. The standard InChI is InChI=1S/C19H26FN5O3/c1-11-5-6-12(20)8-15(11)24-19(28)22-13-9-16-17(26)23-14(4-2-3-7-21)18(27)25(16)10-13/h5-6,8,13-14,16H,2-4,7,9-10,21H2,1H3,(H,23,26)(H2,22,24,28)/t13-,14-,16-/m0/s1. The monoisotopic (exact) mass is 391 g/mol. The molecule has 2 saturated heterocycles. The van der Waals surface area contributed by atoms with E-state index in [0.29, 0.717) is 25.1 Å². The number of carbonyl (C=O) groups is 3. The fourth-order valence-electron chi connectivity index (χ4n) is 3.72. The first-order valence-corrected chi connectivity index (χ1v) is 9.53. The van der Waals surface area contributed by atoms with E-state index in [1.165, 1.54) is 12.1 Å². The zero-order chi connectivity index (χ0) is 20.3. The summed E-state index contributed by atoms with van der Waals surface area (Å²) >= 11 is 0. The topological polar surface area (TPSA) is 117 Å². The molecule has 28 heavy (non-hydrogen) atoms. The summed E-state index contributed by atoms with van der Waals surface area (Å²) in [4.78, 5) is 38.9. The van der Waals surface area contributed by atoms with Gasteiger partial charge in [0, 0.05) is 12.2 Å². The van der Waals surface area contributed by atoms with Gasteiger partial charge in [0.25, 0.3) is 0 Å². The highest BCUT2D eigenvalue weighted by atomic mass is 19.1. The van der Waals surface area contributed by atoms with Gasteiger partial charge >= 0.3 is 6.03 Å². The first-order valence-electron chi connectivity index (χ1n) is 9.53. The van der Waals surface area contributed by atoms with Gasteiger partial charge in [0.05, 0.1) is 6.04 Å². The lowest BCUT2D eigenvalue weighted by Crippen LogP contribution is -2.61. The highest BCUT2D eigenvalue weighted by Gasteiger charge is 2.46. The van der Waals surface area contributed by atoms with Crippen LogP contribution in [0.15, 0.2) is 18.2 Å². The van der Waals surface area contributed by atoms with Crippen molar-refractivity contribution in [3.8, 4) is 0 Å². The quantitative estimate of drug-likeness (QED) is 0.538. The van der Waals surface area contributed by atoms with Crippen molar-refractivity contribution in [1.29, 1.82) is 0 Å². The number of urea groups is 1. The molecule has 0 unspecified atom stereocenters. The maximum absolute atomic E-state index is 13.4. The lowest BCUT2D eigenvalue weighted by molar-refractivity contribution is -0.147.